The number of Topliss-reactive ketones (excluding diaryl/α,β-unsaturated/α-hetero) is 1. The smallest absolute Gasteiger partial charge is 0.163 e. The van der Waals surface area contributed by atoms with Crippen LogP contribution in [-0.2, 0) is 0 Å². The summed E-state index contributed by atoms with van der Waals surface area (Å²) in [5.41, 5.74) is 0.525. The molecule has 102 valence electrons. The van der Waals surface area contributed by atoms with Crippen molar-refractivity contribution in [3.05, 3.63) is 34.6 Å². The van der Waals surface area contributed by atoms with Gasteiger partial charge in [0.25, 0.3) is 0 Å². The molecule has 0 radical (unpaired) electrons. The number of hydrogen-bond donors (Lipinski definition) is 1. The van der Waals surface area contributed by atoms with E-state index in [1.165, 1.54) is 31.0 Å². The lowest BCUT2D eigenvalue weighted by Crippen LogP contribution is -2.38. The van der Waals surface area contributed by atoms with Crippen molar-refractivity contribution in [2.24, 2.45) is 5.92 Å². The maximum absolute atomic E-state index is 13.1. The first-order valence-corrected chi connectivity index (χ1v) is 7.24. The average Bonchev–Trinajstić information content (AvgIpc) is 2.72. The highest BCUT2D eigenvalue weighted by atomic mass is 35.5. The zero-order chi connectivity index (χ0) is 13.4. The number of fused-ring (bicyclic) bond motifs is 2. The van der Waals surface area contributed by atoms with Crippen LogP contribution in [0.2, 0.25) is 5.02 Å². The van der Waals surface area contributed by atoms with Crippen molar-refractivity contribution in [3.8, 4) is 0 Å². The Hall–Kier alpha value is -0.930. The topological polar surface area (TPSA) is 29.1 Å². The molecule has 2 aliphatic rings. The normalized spacial score (nSPS) is 29.5. The molecule has 4 heteroatoms. The average molecular weight is 282 g/mol. The second kappa shape index (κ2) is 5.22. The maximum Gasteiger partial charge on any atom is 0.163 e. The molecule has 3 rings (SSSR count). The quantitative estimate of drug-likeness (QED) is 0.858. The Morgan fingerprint density at radius 3 is 2.63 bits per heavy atom. The van der Waals surface area contributed by atoms with Gasteiger partial charge in [-0.3, -0.25) is 4.79 Å². The number of benzene rings is 1. The molecule has 19 heavy (non-hydrogen) atoms. The van der Waals surface area contributed by atoms with Gasteiger partial charge in [-0.2, -0.15) is 0 Å². The van der Waals surface area contributed by atoms with Crippen LogP contribution in [-0.4, -0.2) is 17.9 Å². The molecule has 2 nitrogen and oxygen atoms in total. The van der Waals surface area contributed by atoms with E-state index < -0.39 is 5.82 Å². The summed E-state index contributed by atoms with van der Waals surface area (Å²) in [6.07, 6.45) is 5.18. The molecule has 1 aromatic rings. The van der Waals surface area contributed by atoms with Crippen molar-refractivity contribution >= 4 is 17.4 Å². The highest BCUT2D eigenvalue weighted by Gasteiger charge is 2.34. The molecule has 2 fully saturated rings. The largest absolute Gasteiger partial charge is 0.311 e. The number of hydrogen-bond acceptors (Lipinski definition) is 2. The Labute approximate surface area is 117 Å². The van der Waals surface area contributed by atoms with Gasteiger partial charge in [-0.25, -0.2) is 4.39 Å². The predicted molar refractivity (Wildman–Crippen MR) is 73.0 cm³/mol. The minimum atomic E-state index is -0.474. The fraction of sp³-hybridized carbons (Fsp3) is 0.533. The lowest BCUT2D eigenvalue weighted by molar-refractivity contribution is 0.0945. The van der Waals surface area contributed by atoms with E-state index in [0.717, 1.165) is 12.8 Å². The molecule has 2 heterocycles. The lowest BCUT2D eigenvalue weighted by Gasteiger charge is -2.28. The Bertz CT molecular complexity index is 493. The van der Waals surface area contributed by atoms with Crippen LogP contribution in [0.5, 0.6) is 0 Å². The molecule has 1 N–H and O–H groups in total. The number of halogens is 2. The third kappa shape index (κ3) is 2.82. The van der Waals surface area contributed by atoms with E-state index in [2.05, 4.69) is 5.32 Å². The zero-order valence-electron chi connectivity index (χ0n) is 10.7. The molecule has 2 aliphatic heterocycles. The number of ketones is 1. The number of piperidine rings is 1. The summed E-state index contributed by atoms with van der Waals surface area (Å²) in [5, 5.41) is 3.59. The van der Waals surface area contributed by atoms with E-state index in [1.54, 1.807) is 0 Å². The van der Waals surface area contributed by atoms with Gasteiger partial charge in [0.1, 0.15) is 5.82 Å². The third-order valence-corrected chi connectivity index (χ3v) is 4.58. The minimum absolute atomic E-state index is 0.0243. The van der Waals surface area contributed by atoms with Gasteiger partial charge >= 0.3 is 0 Å². The SMILES string of the molecule is O=C(C[C@@H]1C[C@H]2CC[C@@H](C1)N2)c1ccc(F)c(Cl)c1. The standard InChI is InChI=1S/C15H17ClFNO/c16-13-8-10(1-4-14(13)17)15(19)7-9-5-11-2-3-12(6-9)18-11/h1,4,8-9,11-12,18H,2-3,5-7H2/t9-,11-,12+. The van der Waals surface area contributed by atoms with E-state index in [0.29, 0.717) is 30.0 Å². The first-order valence-electron chi connectivity index (χ1n) is 6.86. The van der Waals surface area contributed by atoms with Crippen molar-refractivity contribution in [1.29, 1.82) is 0 Å². The summed E-state index contributed by atoms with van der Waals surface area (Å²) in [5.74, 6) is 0.0569. The van der Waals surface area contributed by atoms with Crippen molar-refractivity contribution in [1.82, 2.24) is 5.32 Å². The summed E-state index contributed by atoms with van der Waals surface area (Å²) in [4.78, 5) is 12.2. The second-order valence-electron chi connectivity index (χ2n) is 5.73. The fourth-order valence-electron chi connectivity index (χ4n) is 3.39. The van der Waals surface area contributed by atoms with E-state index in [1.807, 2.05) is 0 Å². The molecule has 2 bridgehead atoms. The number of rotatable bonds is 3. The first-order chi connectivity index (χ1) is 9.11. The van der Waals surface area contributed by atoms with Crippen LogP contribution in [0.15, 0.2) is 18.2 Å². The number of carbonyl (C=O) groups excluding carboxylic acids is 1. The van der Waals surface area contributed by atoms with Crippen LogP contribution in [0.4, 0.5) is 4.39 Å². The van der Waals surface area contributed by atoms with Gasteiger partial charge in [0, 0.05) is 24.1 Å². The van der Waals surface area contributed by atoms with Crippen LogP contribution in [0.1, 0.15) is 42.5 Å². The second-order valence-corrected chi connectivity index (χ2v) is 6.14. The molecule has 0 amide bonds. The summed E-state index contributed by atoms with van der Waals surface area (Å²) in [7, 11) is 0. The Morgan fingerprint density at radius 2 is 2.00 bits per heavy atom. The van der Waals surface area contributed by atoms with E-state index >= 15 is 0 Å². The van der Waals surface area contributed by atoms with E-state index in [9.17, 15) is 9.18 Å². The molecular formula is C15H17ClFNO. The highest BCUT2D eigenvalue weighted by Crippen LogP contribution is 2.33. The van der Waals surface area contributed by atoms with Crippen molar-refractivity contribution in [2.45, 2.75) is 44.2 Å². The summed E-state index contributed by atoms with van der Waals surface area (Å²) in [6, 6.07) is 5.41. The summed E-state index contributed by atoms with van der Waals surface area (Å²) >= 11 is 5.72. The maximum atomic E-state index is 13.1. The first kappa shape index (κ1) is 13.1. The van der Waals surface area contributed by atoms with Gasteiger partial charge in [-0.05, 0) is 49.8 Å². The molecule has 0 spiro atoms. The van der Waals surface area contributed by atoms with Gasteiger partial charge in [0.05, 0.1) is 5.02 Å². The van der Waals surface area contributed by atoms with Gasteiger partial charge in [-0.1, -0.05) is 11.6 Å². The molecule has 0 aliphatic carbocycles. The Morgan fingerprint density at radius 1 is 1.32 bits per heavy atom. The van der Waals surface area contributed by atoms with Gasteiger partial charge in [0.2, 0.25) is 0 Å². The van der Waals surface area contributed by atoms with Crippen LogP contribution in [0, 0.1) is 11.7 Å². The van der Waals surface area contributed by atoms with Gasteiger partial charge < -0.3 is 5.32 Å². The Kier molecular flexibility index (Phi) is 3.59. The molecule has 2 saturated heterocycles. The zero-order valence-corrected chi connectivity index (χ0v) is 11.4. The Balaban J connectivity index is 1.66. The van der Waals surface area contributed by atoms with Crippen LogP contribution in [0.25, 0.3) is 0 Å². The minimum Gasteiger partial charge on any atom is -0.311 e. The summed E-state index contributed by atoms with van der Waals surface area (Å²) < 4.78 is 13.1. The van der Waals surface area contributed by atoms with Crippen LogP contribution < -0.4 is 5.32 Å². The van der Waals surface area contributed by atoms with E-state index in [4.69, 9.17) is 11.6 Å². The molecular weight excluding hydrogens is 265 g/mol. The van der Waals surface area contributed by atoms with Crippen molar-refractivity contribution < 1.29 is 9.18 Å². The lowest BCUT2D eigenvalue weighted by atomic mass is 9.87. The van der Waals surface area contributed by atoms with Crippen LogP contribution >= 0.6 is 11.6 Å². The molecule has 1 aromatic carbocycles. The fourth-order valence-corrected chi connectivity index (χ4v) is 3.57. The monoisotopic (exact) mass is 281 g/mol. The number of nitrogens with one attached hydrogen (secondary N) is 1. The summed E-state index contributed by atoms with van der Waals surface area (Å²) in [6.45, 7) is 0. The highest BCUT2D eigenvalue weighted by molar-refractivity contribution is 6.31. The van der Waals surface area contributed by atoms with Gasteiger partial charge in [0.15, 0.2) is 5.78 Å². The van der Waals surface area contributed by atoms with Crippen molar-refractivity contribution in [3.63, 3.8) is 0 Å². The van der Waals surface area contributed by atoms with Gasteiger partial charge in [-0.15, -0.1) is 0 Å². The number of carbonyl (C=O) groups is 1. The van der Waals surface area contributed by atoms with Crippen molar-refractivity contribution in [2.75, 3.05) is 0 Å². The third-order valence-electron chi connectivity index (χ3n) is 4.29. The molecule has 0 saturated carbocycles. The molecule has 3 atom stereocenters. The predicted octanol–water partition coefficient (Wildman–Crippen LogP) is 3.58. The van der Waals surface area contributed by atoms with Crippen LogP contribution in [0.3, 0.4) is 0 Å². The molecule has 0 aromatic heterocycles. The molecule has 0 unspecified atom stereocenters. The van der Waals surface area contributed by atoms with E-state index in [-0.39, 0.29) is 10.8 Å².